The molecule has 4 rings (SSSR count). The average molecular weight is 432 g/mol. The maximum absolute atomic E-state index is 12.8. The van der Waals surface area contributed by atoms with Gasteiger partial charge in [0.2, 0.25) is 10.0 Å². The van der Waals surface area contributed by atoms with Gasteiger partial charge in [-0.15, -0.1) is 0 Å². The van der Waals surface area contributed by atoms with Crippen LogP contribution in [0.15, 0.2) is 47.9 Å². The molecule has 2 aromatic rings. The monoisotopic (exact) mass is 431 g/mol. The smallest absolute Gasteiger partial charge is 0.253 e. The Morgan fingerprint density at radius 3 is 2.23 bits per heavy atom. The van der Waals surface area contributed by atoms with Crippen LogP contribution in [-0.4, -0.2) is 83.8 Å². The standard InChI is InChI=1S/C21H29N5O3S/c27-21(25-16-14-23(15-17-25)12-13-24-11-8-22-18-24)19-4-6-20(7-5-19)30(28,29)26-9-2-1-3-10-26/h4-8,11,18H,1-3,9-10,12-17H2. The summed E-state index contributed by atoms with van der Waals surface area (Å²) < 4.78 is 29.1. The molecule has 9 heteroatoms. The molecule has 2 aliphatic heterocycles. The Bertz CT molecular complexity index is 930. The van der Waals surface area contributed by atoms with Crippen molar-refractivity contribution in [2.45, 2.75) is 30.7 Å². The van der Waals surface area contributed by atoms with E-state index in [0.717, 1.165) is 45.4 Å². The highest BCUT2D eigenvalue weighted by Gasteiger charge is 2.27. The lowest BCUT2D eigenvalue weighted by Gasteiger charge is -2.34. The summed E-state index contributed by atoms with van der Waals surface area (Å²) in [4.78, 5) is 21.4. The second-order valence-electron chi connectivity index (χ2n) is 7.92. The third-order valence-electron chi connectivity index (χ3n) is 5.95. The number of piperazine rings is 1. The van der Waals surface area contributed by atoms with Gasteiger partial charge in [0, 0.05) is 70.3 Å². The van der Waals surface area contributed by atoms with Crippen molar-refractivity contribution < 1.29 is 13.2 Å². The largest absolute Gasteiger partial charge is 0.336 e. The molecule has 0 bridgehead atoms. The van der Waals surface area contributed by atoms with Crippen LogP contribution in [0.1, 0.15) is 29.6 Å². The van der Waals surface area contributed by atoms with Crippen molar-refractivity contribution >= 4 is 15.9 Å². The number of imidazole rings is 1. The molecule has 0 aliphatic carbocycles. The zero-order valence-corrected chi connectivity index (χ0v) is 18.0. The fraction of sp³-hybridized carbons (Fsp3) is 0.524. The van der Waals surface area contributed by atoms with Crippen LogP contribution in [0, 0.1) is 0 Å². The molecule has 0 radical (unpaired) electrons. The molecule has 0 spiro atoms. The summed E-state index contributed by atoms with van der Waals surface area (Å²) in [7, 11) is -3.47. The normalized spacial score (nSPS) is 19.1. The summed E-state index contributed by atoms with van der Waals surface area (Å²) in [5, 5.41) is 0. The minimum atomic E-state index is -3.47. The zero-order valence-electron chi connectivity index (χ0n) is 17.2. The van der Waals surface area contributed by atoms with E-state index in [9.17, 15) is 13.2 Å². The molecule has 2 fully saturated rings. The maximum atomic E-state index is 12.8. The summed E-state index contributed by atoms with van der Waals surface area (Å²) >= 11 is 0. The predicted octanol–water partition coefficient (Wildman–Crippen LogP) is 1.52. The van der Waals surface area contributed by atoms with Gasteiger partial charge in [0.25, 0.3) is 5.91 Å². The van der Waals surface area contributed by atoms with Gasteiger partial charge in [0.15, 0.2) is 0 Å². The average Bonchev–Trinajstić information content (AvgIpc) is 3.32. The van der Waals surface area contributed by atoms with Crippen LogP contribution < -0.4 is 0 Å². The van der Waals surface area contributed by atoms with Crippen molar-refractivity contribution in [1.29, 1.82) is 0 Å². The highest BCUT2D eigenvalue weighted by atomic mass is 32.2. The highest BCUT2D eigenvalue weighted by Crippen LogP contribution is 2.21. The van der Waals surface area contributed by atoms with E-state index in [1.165, 1.54) is 0 Å². The Kier molecular flexibility index (Phi) is 6.50. The highest BCUT2D eigenvalue weighted by molar-refractivity contribution is 7.89. The van der Waals surface area contributed by atoms with Crippen molar-refractivity contribution in [2.75, 3.05) is 45.8 Å². The van der Waals surface area contributed by atoms with Crippen LogP contribution in [0.3, 0.4) is 0 Å². The van der Waals surface area contributed by atoms with Gasteiger partial charge in [-0.2, -0.15) is 4.31 Å². The molecular weight excluding hydrogens is 402 g/mol. The molecule has 8 nitrogen and oxygen atoms in total. The zero-order chi connectivity index (χ0) is 21.0. The first-order valence-corrected chi connectivity index (χ1v) is 12.1. The number of rotatable bonds is 6. The van der Waals surface area contributed by atoms with Gasteiger partial charge in [-0.3, -0.25) is 9.69 Å². The minimum Gasteiger partial charge on any atom is -0.336 e. The Balaban J connectivity index is 1.32. The van der Waals surface area contributed by atoms with E-state index in [1.807, 2.05) is 17.4 Å². The van der Waals surface area contributed by atoms with Crippen molar-refractivity contribution in [1.82, 2.24) is 23.7 Å². The summed E-state index contributed by atoms with van der Waals surface area (Å²) in [5.41, 5.74) is 0.541. The molecule has 2 aliphatic rings. The minimum absolute atomic E-state index is 0.0359. The van der Waals surface area contributed by atoms with Crippen LogP contribution in [-0.2, 0) is 16.6 Å². The van der Waals surface area contributed by atoms with E-state index >= 15 is 0 Å². The lowest BCUT2D eigenvalue weighted by molar-refractivity contribution is 0.0633. The lowest BCUT2D eigenvalue weighted by Crippen LogP contribution is -2.49. The molecule has 162 valence electrons. The number of aromatic nitrogens is 2. The third kappa shape index (κ3) is 4.74. The molecule has 1 aromatic carbocycles. The summed E-state index contributed by atoms with van der Waals surface area (Å²) in [6, 6.07) is 6.42. The van der Waals surface area contributed by atoms with Gasteiger partial charge in [-0.25, -0.2) is 13.4 Å². The van der Waals surface area contributed by atoms with Gasteiger partial charge in [-0.1, -0.05) is 6.42 Å². The third-order valence-corrected chi connectivity index (χ3v) is 7.86. The van der Waals surface area contributed by atoms with Crippen LogP contribution >= 0.6 is 0 Å². The van der Waals surface area contributed by atoms with E-state index in [4.69, 9.17) is 0 Å². The second kappa shape index (κ2) is 9.28. The molecule has 1 aromatic heterocycles. The van der Waals surface area contributed by atoms with Crippen LogP contribution in [0.25, 0.3) is 0 Å². The Hall–Kier alpha value is -2.23. The first kappa shape index (κ1) is 21.0. The van der Waals surface area contributed by atoms with Gasteiger partial charge < -0.3 is 9.47 Å². The molecule has 2 saturated heterocycles. The number of hydrogen-bond donors (Lipinski definition) is 0. The van der Waals surface area contributed by atoms with Crippen molar-refractivity contribution in [2.24, 2.45) is 0 Å². The number of benzene rings is 1. The summed E-state index contributed by atoms with van der Waals surface area (Å²) in [6.45, 7) is 6.00. The molecule has 30 heavy (non-hydrogen) atoms. The van der Waals surface area contributed by atoms with E-state index in [0.29, 0.717) is 31.7 Å². The fourth-order valence-corrected chi connectivity index (χ4v) is 5.57. The lowest BCUT2D eigenvalue weighted by atomic mass is 10.2. The Labute approximate surface area is 178 Å². The van der Waals surface area contributed by atoms with Crippen LogP contribution in [0.4, 0.5) is 0 Å². The van der Waals surface area contributed by atoms with Crippen molar-refractivity contribution in [3.63, 3.8) is 0 Å². The Morgan fingerprint density at radius 2 is 1.60 bits per heavy atom. The van der Waals surface area contributed by atoms with E-state index in [2.05, 4.69) is 14.5 Å². The molecule has 3 heterocycles. The van der Waals surface area contributed by atoms with Gasteiger partial charge in [0.05, 0.1) is 11.2 Å². The molecule has 0 atom stereocenters. The second-order valence-corrected chi connectivity index (χ2v) is 9.86. The van der Waals surface area contributed by atoms with Gasteiger partial charge >= 0.3 is 0 Å². The molecular formula is C21H29N5O3S. The number of carbonyl (C=O) groups excluding carboxylic acids is 1. The van der Waals surface area contributed by atoms with Gasteiger partial charge in [0.1, 0.15) is 0 Å². The number of piperidine rings is 1. The number of sulfonamides is 1. The van der Waals surface area contributed by atoms with E-state index < -0.39 is 10.0 Å². The first-order valence-electron chi connectivity index (χ1n) is 10.6. The van der Waals surface area contributed by atoms with Crippen molar-refractivity contribution in [3.8, 4) is 0 Å². The molecule has 0 unspecified atom stereocenters. The predicted molar refractivity (Wildman–Crippen MR) is 114 cm³/mol. The number of hydrogen-bond acceptors (Lipinski definition) is 5. The molecule has 1 amide bonds. The van der Waals surface area contributed by atoms with E-state index in [1.54, 1.807) is 34.8 Å². The topological polar surface area (TPSA) is 78.8 Å². The van der Waals surface area contributed by atoms with Crippen LogP contribution in [0.2, 0.25) is 0 Å². The summed E-state index contributed by atoms with van der Waals surface area (Å²) in [5.74, 6) is -0.0359. The Morgan fingerprint density at radius 1 is 0.900 bits per heavy atom. The van der Waals surface area contributed by atoms with Crippen molar-refractivity contribution in [3.05, 3.63) is 48.5 Å². The summed E-state index contributed by atoms with van der Waals surface area (Å²) in [6.07, 6.45) is 8.44. The molecule has 0 N–H and O–H groups in total. The SMILES string of the molecule is O=C(c1ccc(S(=O)(=O)N2CCCCC2)cc1)N1CCN(CCn2ccnc2)CC1. The number of nitrogens with zero attached hydrogens (tertiary/aromatic N) is 5. The van der Waals surface area contributed by atoms with E-state index in [-0.39, 0.29) is 10.8 Å². The first-order chi connectivity index (χ1) is 14.5. The van der Waals surface area contributed by atoms with Gasteiger partial charge in [-0.05, 0) is 37.1 Å². The quantitative estimate of drug-likeness (QED) is 0.693. The van der Waals surface area contributed by atoms with Crippen LogP contribution in [0.5, 0.6) is 0 Å². The maximum Gasteiger partial charge on any atom is 0.253 e. The fourth-order valence-electron chi connectivity index (χ4n) is 4.06. The number of amides is 1. The number of carbonyl (C=O) groups is 1. The molecule has 0 saturated carbocycles.